The van der Waals surface area contributed by atoms with Crippen molar-refractivity contribution in [3.63, 3.8) is 0 Å². The Kier molecular flexibility index (Phi) is 20.2. The van der Waals surface area contributed by atoms with Gasteiger partial charge in [0.05, 0.1) is 5.71 Å². The van der Waals surface area contributed by atoms with Crippen LogP contribution in [0, 0.1) is 5.41 Å². The van der Waals surface area contributed by atoms with Crippen molar-refractivity contribution < 1.29 is 5.21 Å². The SMILES string of the molecule is C/C(=C\CC(C)(C)C)CC/C=C(\C)CC/C(C)=N/O.CC.CC. The molecule has 0 aliphatic rings. The van der Waals surface area contributed by atoms with Crippen molar-refractivity contribution in [3.05, 3.63) is 23.3 Å². The summed E-state index contributed by atoms with van der Waals surface area (Å²) in [4.78, 5) is 0. The predicted molar refractivity (Wildman–Crippen MR) is 108 cm³/mol. The Hall–Kier alpha value is -1.05. The molecule has 23 heavy (non-hydrogen) atoms. The molecule has 0 heterocycles. The van der Waals surface area contributed by atoms with Crippen molar-refractivity contribution >= 4 is 5.71 Å². The van der Waals surface area contributed by atoms with Gasteiger partial charge < -0.3 is 5.21 Å². The quantitative estimate of drug-likeness (QED) is 0.220. The van der Waals surface area contributed by atoms with E-state index in [1.165, 1.54) is 11.1 Å². The summed E-state index contributed by atoms with van der Waals surface area (Å²) in [6, 6.07) is 0. The second kappa shape index (κ2) is 17.3. The van der Waals surface area contributed by atoms with E-state index in [1.807, 2.05) is 34.6 Å². The van der Waals surface area contributed by atoms with Gasteiger partial charge >= 0.3 is 0 Å². The molecule has 0 aliphatic heterocycles. The molecular weight excluding hydrogens is 282 g/mol. The molecular formula is C21H43NO. The molecule has 0 fully saturated rings. The fraction of sp³-hybridized carbons (Fsp3) is 0.762. The van der Waals surface area contributed by atoms with Crippen molar-refractivity contribution in [1.29, 1.82) is 0 Å². The number of rotatable bonds is 7. The molecule has 0 aliphatic carbocycles. The third kappa shape index (κ3) is 23.3. The van der Waals surface area contributed by atoms with Gasteiger partial charge in [0.15, 0.2) is 0 Å². The fourth-order valence-corrected chi connectivity index (χ4v) is 1.66. The molecule has 1 N–H and O–H groups in total. The maximum atomic E-state index is 8.58. The third-order valence-electron chi connectivity index (χ3n) is 3.15. The Bertz CT molecular complexity index is 343. The van der Waals surface area contributed by atoms with Gasteiger partial charge in [0.1, 0.15) is 0 Å². The summed E-state index contributed by atoms with van der Waals surface area (Å²) in [6.07, 6.45) is 9.89. The summed E-state index contributed by atoms with van der Waals surface area (Å²) in [6.45, 7) is 21.0. The first kappa shape index (κ1) is 26.8. The van der Waals surface area contributed by atoms with Crippen LogP contribution in [0.15, 0.2) is 28.5 Å². The van der Waals surface area contributed by atoms with E-state index in [-0.39, 0.29) is 0 Å². The predicted octanol–water partition coefficient (Wildman–Crippen LogP) is 7.78. The Balaban J connectivity index is -0.000000919. The second-order valence-corrected chi connectivity index (χ2v) is 6.74. The van der Waals surface area contributed by atoms with E-state index in [1.54, 1.807) is 0 Å². The summed E-state index contributed by atoms with van der Waals surface area (Å²) in [7, 11) is 0. The maximum Gasteiger partial charge on any atom is 0.0543 e. The molecule has 0 aromatic carbocycles. The molecule has 0 aromatic rings. The van der Waals surface area contributed by atoms with Gasteiger partial charge in [-0.25, -0.2) is 0 Å². The highest BCUT2D eigenvalue weighted by atomic mass is 16.4. The highest BCUT2D eigenvalue weighted by Gasteiger charge is 2.07. The molecule has 0 atom stereocenters. The Labute approximate surface area is 146 Å². The van der Waals surface area contributed by atoms with Gasteiger partial charge in [-0.05, 0) is 58.3 Å². The fourth-order valence-electron chi connectivity index (χ4n) is 1.66. The monoisotopic (exact) mass is 325 g/mol. The van der Waals surface area contributed by atoms with E-state index in [0.29, 0.717) is 5.41 Å². The molecule has 0 saturated carbocycles. The van der Waals surface area contributed by atoms with Gasteiger partial charge in [-0.3, -0.25) is 0 Å². The van der Waals surface area contributed by atoms with Crippen LogP contribution in [0.2, 0.25) is 0 Å². The van der Waals surface area contributed by atoms with Crippen LogP contribution < -0.4 is 0 Å². The average Bonchev–Trinajstić information content (AvgIpc) is 2.53. The zero-order valence-electron chi connectivity index (χ0n) is 17.6. The average molecular weight is 326 g/mol. The second-order valence-electron chi connectivity index (χ2n) is 6.74. The van der Waals surface area contributed by atoms with Crippen LogP contribution in [0.4, 0.5) is 0 Å². The summed E-state index contributed by atoms with van der Waals surface area (Å²) in [5.74, 6) is 0. The lowest BCUT2D eigenvalue weighted by Crippen LogP contribution is -2.02. The van der Waals surface area contributed by atoms with Crippen LogP contribution >= 0.6 is 0 Å². The summed E-state index contributed by atoms with van der Waals surface area (Å²) in [5.41, 5.74) is 4.04. The zero-order valence-corrected chi connectivity index (χ0v) is 17.6. The number of hydrogen-bond donors (Lipinski definition) is 1. The Morgan fingerprint density at radius 1 is 0.826 bits per heavy atom. The largest absolute Gasteiger partial charge is 0.411 e. The van der Waals surface area contributed by atoms with Crippen LogP contribution in [0.25, 0.3) is 0 Å². The first-order chi connectivity index (χ1) is 10.7. The molecule has 0 radical (unpaired) electrons. The molecule has 2 nitrogen and oxygen atoms in total. The molecule has 0 unspecified atom stereocenters. The van der Waals surface area contributed by atoms with E-state index in [4.69, 9.17) is 5.21 Å². The number of hydrogen-bond acceptors (Lipinski definition) is 2. The van der Waals surface area contributed by atoms with E-state index >= 15 is 0 Å². The van der Waals surface area contributed by atoms with E-state index in [9.17, 15) is 0 Å². The van der Waals surface area contributed by atoms with E-state index in [0.717, 1.165) is 37.8 Å². The number of nitrogens with zero attached hydrogens (tertiary/aromatic N) is 1. The minimum absolute atomic E-state index is 0.383. The summed E-state index contributed by atoms with van der Waals surface area (Å²) < 4.78 is 0. The van der Waals surface area contributed by atoms with Crippen LogP contribution in [0.1, 0.15) is 101 Å². The van der Waals surface area contributed by atoms with Crippen LogP contribution in [-0.4, -0.2) is 10.9 Å². The van der Waals surface area contributed by atoms with Gasteiger partial charge in [-0.1, -0.05) is 76.9 Å². The van der Waals surface area contributed by atoms with Crippen LogP contribution in [0.3, 0.4) is 0 Å². The molecule has 138 valence electrons. The first-order valence-corrected chi connectivity index (χ1v) is 9.23. The lowest BCUT2D eigenvalue weighted by molar-refractivity contribution is 0.317. The van der Waals surface area contributed by atoms with Crippen molar-refractivity contribution in [2.75, 3.05) is 0 Å². The van der Waals surface area contributed by atoms with Crippen LogP contribution in [0.5, 0.6) is 0 Å². The third-order valence-corrected chi connectivity index (χ3v) is 3.15. The number of oxime groups is 1. The highest BCUT2D eigenvalue weighted by Crippen LogP contribution is 2.21. The van der Waals surface area contributed by atoms with Gasteiger partial charge in [0.25, 0.3) is 0 Å². The van der Waals surface area contributed by atoms with Crippen molar-refractivity contribution in [3.8, 4) is 0 Å². The summed E-state index contributed by atoms with van der Waals surface area (Å²) in [5, 5.41) is 11.8. The van der Waals surface area contributed by atoms with Crippen molar-refractivity contribution in [2.24, 2.45) is 10.6 Å². The maximum absolute atomic E-state index is 8.58. The van der Waals surface area contributed by atoms with E-state index in [2.05, 4.69) is 51.9 Å². The molecule has 0 rings (SSSR count). The molecule has 2 heteroatoms. The molecule has 0 saturated heterocycles. The summed E-state index contributed by atoms with van der Waals surface area (Å²) >= 11 is 0. The molecule has 0 aromatic heterocycles. The Morgan fingerprint density at radius 3 is 1.74 bits per heavy atom. The normalized spacial score (nSPS) is 12.9. The smallest absolute Gasteiger partial charge is 0.0543 e. The molecule has 0 amide bonds. The van der Waals surface area contributed by atoms with Crippen molar-refractivity contribution in [1.82, 2.24) is 0 Å². The first-order valence-electron chi connectivity index (χ1n) is 9.23. The Morgan fingerprint density at radius 2 is 1.30 bits per heavy atom. The van der Waals surface area contributed by atoms with Gasteiger partial charge in [0, 0.05) is 0 Å². The van der Waals surface area contributed by atoms with Crippen molar-refractivity contribution in [2.45, 2.75) is 101 Å². The van der Waals surface area contributed by atoms with Gasteiger partial charge in [-0.15, -0.1) is 0 Å². The lowest BCUT2D eigenvalue weighted by atomic mass is 9.91. The minimum atomic E-state index is 0.383. The standard InChI is InChI=1S/C17H31NO.2C2H6/c1-14(10-11-16(3)18-19)8-7-9-15(2)12-13-17(4,5)6;2*1-2/h8,12,19H,7,9-11,13H2,1-6H3;2*1-2H3/b14-8+,15-12+,18-16+;;. The van der Waals surface area contributed by atoms with E-state index < -0.39 is 0 Å². The van der Waals surface area contributed by atoms with Gasteiger partial charge in [0.2, 0.25) is 0 Å². The topological polar surface area (TPSA) is 32.6 Å². The van der Waals surface area contributed by atoms with Gasteiger partial charge in [-0.2, -0.15) is 0 Å². The molecule has 0 bridgehead atoms. The highest BCUT2D eigenvalue weighted by molar-refractivity contribution is 5.81. The van der Waals surface area contributed by atoms with Crippen LogP contribution in [-0.2, 0) is 0 Å². The number of allylic oxidation sites excluding steroid dienone is 4. The lowest BCUT2D eigenvalue weighted by Gasteiger charge is -2.15. The zero-order chi connectivity index (χ0) is 18.9. The molecule has 0 spiro atoms. The minimum Gasteiger partial charge on any atom is -0.411 e.